The molecule has 0 atom stereocenters. The second-order valence-electron chi connectivity index (χ2n) is 4.01. The Bertz CT molecular complexity index is 586. The lowest BCUT2D eigenvalue weighted by atomic mass is 10.1. The molecule has 0 aliphatic heterocycles. The van der Waals surface area contributed by atoms with Gasteiger partial charge in [-0.2, -0.15) is 5.10 Å². The number of phenolic OH excluding ortho intramolecular Hbond substituents is 1. The predicted molar refractivity (Wildman–Crippen MR) is 69.5 cm³/mol. The van der Waals surface area contributed by atoms with Crippen LogP contribution in [0.2, 0.25) is 0 Å². The van der Waals surface area contributed by atoms with Crippen LogP contribution in [0.5, 0.6) is 5.75 Å². The molecule has 0 aliphatic rings. The molecule has 2 rings (SSSR count). The summed E-state index contributed by atoms with van der Waals surface area (Å²) < 4.78 is 2.61. The molecule has 0 unspecified atom stereocenters. The molecule has 4 nitrogen and oxygen atoms in total. The van der Waals surface area contributed by atoms with Crippen LogP contribution in [0.25, 0.3) is 11.4 Å². The summed E-state index contributed by atoms with van der Waals surface area (Å²) in [6.07, 6.45) is 0.998. The van der Waals surface area contributed by atoms with E-state index in [0.717, 1.165) is 29.9 Å². The maximum Gasteiger partial charge on any atom is 0.195 e. The zero-order chi connectivity index (χ0) is 12.4. The first-order chi connectivity index (χ1) is 8.13. The Kier molecular flexibility index (Phi) is 3.28. The van der Waals surface area contributed by atoms with Crippen molar-refractivity contribution in [3.8, 4) is 17.1 Å². The van der Waals surface area contributed by atoms with Crippen molar-refractivity contribution in [1.29, 1.82) is 0 Å². The van der Waals surface area contributed by atoms with Crippen molar-refractivity contribution in [3.63, 3.8) is 0 Å². The molecule has 2 aromatic rings. The number of rotatable bonds is 3. The van der Waals surface area contributed by atoms with Gasteiger partial charge in [-0.1, -0.05) is 6.92 Å². The van der Waals surface area contributed by atoms with Crippen LogP contribution >= 0.6 is 12.2 Å². The van der Waals surface area contributed by atoms with E-state index in [0.29, 0.717) is 10.5 Å². The number of aromatic nitrogens is 3. The van der Waals surface area contributed by atoms with Crippen LogP contribution in [0.3, 0.4) is 0 Å². The number of benzene rings is 1. The van der Waals surface area contributed by atoms with Crippen LogP contribution in [0.15, 0.2) is 18.2 Å². The Morgan fingerprint density at radius 3 is 2.88 bits per heavy atom. The van der Waals surface area contributed by atoms with Gasteiger partial charge in [-0.15, -0.1) is 0 Å². The van der Waals surface area contributed by atoms with Crippen LogP contribution in [-0.4, -0.2) is 19.9 Å². The van der Waals surface area contributed by atoms with Crippen molar-refractivity contribution >= 4 is 12.2 Å². The predicted octanol–water partition coefficient (Wildman–Crippen LogP) is 3.03. The zero-order valence-corrected chi connectivity index (χ0v) is 10.7. The lowest BCUT2D eigenvalue weighted by molar-refractivity contribution is 0.471. The molecule has 0 fully saturated rings. The van der Waals surface area contributed by atoms with Crippen molar-refractivity contribution in [2.45, 2.75) is 26.8 Å². The van der Waals surface area contributed by atoms with Crippen molar-refractivity contribution in [1.82, 2.24) is 14.8 Å². The highest BCUT2D eigenvalue weighted by atomic mass is 32.1. The summed E-state index contributed by atoms with van der Waals surface area (Å²) in [5.41, 5.74) is 1.79. The van der Waals surface area contributed by atoms with Gasteiger partial charge in [-0.05, 0) is 49.3 Å². The van der Waals surface area contributed by atoms with Crippen molar-refractivity contribution in [2.75, 3.05) is 0 Å². The molecule has 0 saturated carbocycles. The molecule has 0 radical (unpaired) electrons. The minimum absolute atomic E-state index is 0.296. The van der Waals surface area contributed by atoms with Crippen LogP contribution in [0, 0.1) is 11.7 Å². The second kappa shape index (κ2) is 4.71. The Morgan fingerprint density at radius 1 is 1.47 bits per heavy atom. The summed E-state index contributed by atoms with van der Waals surface area (Å²) in [4.78, 5) is 0. The average molecular weight is 249 g/mol. The minimum atomic E-state index is 0.296. The number of phenols is 1. The number of nitrogens with zero attached hydrogens (tertiary/aromatic N) is 2. The molecule has 1 aromatic heterocycles. The summed E-state index contributed by atoms with van der Waals surface area (Å²) in [5.74, 6) is 1.12. The Balaban J connectivity index is 2.52. The van der Waals surface area contributed by atoms with Gasteiger partial charge in [0.05, 0.1) is 0 Å². The van der Waals surface area contributed by atoms with Crippen molar-refractivity contribution in [3.05, 3.63) is 28.5 Å². The number of aromatic amines is 1. The van der Waals surface area contributed by atoms with Crippen LogP contribution in [0.4, 0.5) is 0 Å². The normalized spacial score (nSPS) is 10.7. The van der Waals surface area contributed by atoms with Gasteiger partial charge in [0.15, 0.2) is 10.6 Å². The summed E-state index contributed by atoms with van der Waals surface area (Å²) in [5, 5.41) is 16.6. The fourth-order valence-electron chi connectivity index (χ4n) is 1.76. The number of aryl methyl sites for hydroxylation is 1. The molecule has 0 bridgehead atoms. The van der Waals surface area contributed by atoms with Gasteiger partial charge >= 0.3 is 0 Å². The third-order valence-corrected chi connectivity index (χ3v) is 2.97. The van der Waals surface area contributed by atoms with Gasteiger partial charge < -0.3 is 9.67 Å². The van der Waals surface area contributed by atoms with Gasteiger partial charge in [0.25, 0.3) is 0 Å². The van der Waals surface area contributed by atoms with E-state index < -0.39 is 0 Å². The topological polar surface area (TPSA) is 53.8 Å². The fourth-order valence-corrected chi connectivity index (χ4v) is 1.99. The number of aromatic hydroxyl groups is 1. The molecule has 1 aromatic carbocycles. The molecule has 0 amide bonds. The molecule has 0 spiro atoms. The molecule has 0 aliphatic carbocycles. The first-order valence-electron chi connectivity index (χ1n) is 5.58. The van der Waals surface area contributed by atoms with Gasteiger partial charge in [0.2, 0.25) is 0 Å². The Morgan fingerprint density at radius 2 is 2.24 bits per heavy atom. The fraction of sp³-hybridized carbons (Fsp3) is 0.333. The molecular formula is C12H15N3OS. The third kappa shape index (κ3) is 2.24. The van der Waals surface area contributed by atoms with Gasteiger partial charge in [-0.3, -0.25) is 5.10 Å². The van der Waals surface area contributed by atoms with E-state index in [1.165, 1.54) is 0 Å². The summed E-state index contributed by atoms with van der Waals surface area (Å²) in [6.45, 7) is 4.80. The standard InChI is InChI=1S/C12H15N3OS/c1-3-6-15-11(13-14-12(15)17)9-4-5-10(16)8(2)7-9/h4-5,7,16H,3,6H2,1-2H3,(H,14,17). The van der Waals surface area contributed by atoms with E-state index in [4.69, 9.17) is 12.2 Å². The summed E-state index contributed by atoms with van der Waals surface area (Å²) in [7, 11) is 0. The highest BCUT2D eigenvalue weighted by Crippen LogP contribution is 2.24. The van der Waals surface area contributed by atoms with E-state index in [1.54, 1.807) is 6.07 Å². The maximum absolute atomic E-state index is 9.51. The van der Waals surface area contributed by atoms with Gasteiger partial charge in [0, 0.05) is 12.1 Å². The highest BCUT2D eigenvalue weighted by Gasteiger charge is 2.09. The number of hydrogen-bond acceptors (Lipinski definition) is 3. The molecule has 0 saturated heterocycles. The van der Waals surface area contributed by atoms with E-state index >= 15 is 0 Å². The second-order valence-corrected chi connectivity index (χ2v) is 4.39. The summed E-state index contributed by atoms with van der Waals surface area (Å²) >= 11 is 5.19. The molecule has 17 heavy (non-hydrogen) atoms. The van der Waals surface area contributed by atoms with Gasteiger partial charge in [0.1, 0.15) is 5.75 Å². The average Bonchev–Trinajstić information content (AvgIpc) is 2.66. The first-order valence-corrected chi connectivity index (χ1v) is 5.99. The smallest absolute Gasteiger partial charge is 0.195 e. The zero-order valence-electron chi connectivity index (χ0n) is 9.90. The van der Waals surface area contributed by atoms with Gasteiger partial charge in [-0.25, -0.2) is 0 Å². The Hall–Kier alpha value is -1.62. The SMILES string of the molecule is CCCn1c(-c2ccc(O)c(C)c2)n[nH]c1=S. The lowest BCUT2D eigenvalue weighted by Crippen LogP contribution is -2.00. The highest BCUT2D eigenvalue weighted by molar-refractivity contribution is 7.71. The molecule has 1 heterocycles. The Labute approximate surface area is 105 Å². The van der Waals surface area contributed by atoms with E-state index in [9.17, 15) is 5.11 Å². The monoisotopic (exact) mass is 249 g/mol. The number of nitrogens with one attached hydrogen (secondary N) is 1. The molecule has 5 heteroatoms. The molecule has 2 N–H and O–H groups in total. The summed E-state index contributed by atoms with van der Waals surface area (Å²) in [6, 6.07) is 5.44. The third-order valence-electron chi connectivity index (χ3n) is 2.66. The van der Waals surface area contributed by atoms with E-state index in [-0.39, 0.29) is 0 Å². The number of H-pyrrole nitrogens is 1. The van der Waals surface area contributed by atoms with E-state index in [2.05, 4.69) is 17.1 Å². The molecule has 90 valence electrons. The van der Waals surface area contributed by atoms with Crippen molar-refractivity contribution < 1.29 is 5.11 Å². The minimum Gasteiger partial charge on any atom is -0.508 e. The first kappa shape index (κ1) is 11.9. The van der Waals surface area contributed by atoms with Crippen LogP contribution in [0.1, 0.15) is 18.9 Å². The van der Waals surface area contributed by atoms with Crippen molar-refractivity contribution in [2.24, 2.45) is 0 Å². The largest absolute Gasteiger partial charge is 0.508 e. The maximum atomic E-state index is 9.51. The number of hydrogen-bond donors (Lipinski definition) is 2. The molecular weight excluding hydrogens is 234 g/mol. The quantitative estimate of drug-likeness (QED) is 0.822. The van der Waals surface area contributed by atoms with Crippen LogP contribution in [-0.2, 0) is 6.54 Å². The van der Waals surface area contributed by atoms with E-state index in [1.807, 2.05) is 23.6 Å². The lowest BCUT2D eigenvalue weighted by Gasteiger charge is -2.06. The van der Waals surface area contributed by atoms with Crippen LogP contribution < -0.4 is 0 Å².